The first kappa shape index (κ1) is 17.5. The first-order valence-corrected chi connectivity index (χ1v) is 9.55. The lowest BCUT2D eigenvalue weighted by Crippen LogP contribution is -2.16. The monoisotopic (exact) mass is 404 g/mol. The number of aromatic nitrogens is 4. The molecular weight excluding hydrogens is 391 g/mol. The molecule has 4 rings (SSSR count). The van der Waals surface area contributed by atoms with Crippen LogP contribution in [0, 0.1) is 12.7 Å². The number of nitrogens with two attached hydrogens (primary N) is 1. The van der Waals surface area contributed by atoms with Gasteiger partial charge in [0.25, 0.3) is 0 Å². The number of fused-ring (bicyclic) bond motifs is 1. The second-order valence-electron chi connectivity index (χ2n) is 5.53. The van der Waals surface area contributed by atoms with E-state index in [9.17, 15) is 9.18 Å². The van der Waals surface area contributed by atoms with Crippen molar-refractivity contribution in [2.24, 2.45) is 0 Å². The molecule has 0 aliphatic carbocycles. The van der Waals surface area contributed by atoms with Crippen LogP contribution in [0.5, 0.6) is 0 Å². The van der Waals surface area contributed by atoms with Crippen LogP contribution < -0.4 is 11.2 Å². The summed E-state index contributed by atoms with van der Waals surface area (Å²) in [6.45, 7) is 1.80. The molecule has 0 saturated heterocycles. The number of amides is 1. The molecule has 0 spiro atoms. The Morgan fingerprint density at radius 1 is 1.41 bits per heavy atom. The van der Waals surface area contributed by atoms with Gasteiger partial charge in [0.2, 0.25) is 11.1 Å². The van der Waals surface area contributed by atoms with Crippen LogP contribution in [0.2, 0.25) is 0 Å². The molecule has 0 aliphatic heterocycles. The molecule has 1 amide bonds. The van der Waals surface area contributed by atoms with Crippen LogP contribution in [0.3, 0.4) is 0 Å². The molecule has 1 aromatic carbocycles. The standard InChI is InChI=1S/C16H13FN6O2S2/c1-8-10(4-5-25-8)14-21-22-16(23(14)18)26-7-13(24)20-15-19-11-3-2-9(17)6-12(11)27-15/h2-6H,7,18H2,1H3,(H,19,20,24). The van der Waals surface area contributed by atoms with Crippen molar-refractivity contribution in [3.05, 3.63) is 42.1 Å². The van der Waals surface area contributed by atoms with Crippen LogP contribution in [-0.2, 0) is 4.79 Å². The summed E-state index contributed by atoms with van der Waals surface area (Å²) in [5, 5.41) is 11.6. The molecular formula is C16H13FN6O2S2. The van der Waals surface area contributed by atoms with Crippen molar-refractivity contribution in [3.63, 3.8) is 0 Å². The highest BCUT2D eigenvalue weighted by molar-refractivity contribution is 7.99. The number of nitrogens with one attached hydrogen (secondary N) is 1. The zero-order valence-corrected chi connectivity index (χ0v) is 15.6. The number of furan rings is 1. The Morgan fingerprint density at radius 2 is 2.26 bits per heavy atom. The van der Waals surface area contributed by atoms with Gasteiger partial charge in [-0.15, -0.1) is 10.2 Å². The maximum absolute atomic E-state index is 13.2. The van der Waals surface area contributed by atoms with Gasteiger partial charge >= 0.3 is 0 Å². The molecule has 11 heteroatoms. The minimum atomic E-state index is -0.342. The Bertz CT molecular complexity index is 1140. The van der Waals surface area contributed by atoms with Gasteiger partial charge < -0.3 is 15.6 Å². The van der Waals surface area contributed by atoms with E-state index in [4.69, 9.17) is 10.3 Å². The molecule has 0 aliphatic rings. The molecule has 0 fully saturated rings. The number of hydrogen-bond donors (Lipinski definition) is 2. The zero-order chi connectivity index (χ0) is 19.0. The maximum atomic E-state index is 13.2. The number of thioether (sulfide) groups is 1. The van der Waals surface area contributed by atoms with E-state index >= 15 is 0 Å². The Kier molecular flexibility index (Phi) is 4.54. The van der Waals surface area contributed by atoms with Crippen molar-refractivity contribution in [2.75, 3.05) is 16.9 Å². The van der Waals surface area contributed by atoms with Crippen LogP contribution in [0.25, 0.3) is 21.6 Å². The third-order valence-corrected chi connectivity index (χ3v) is 5.57. The van der Waals surface area contributed by atoms with E-state index in [1.54, 1.807) is 25.3 Å². The van der Waals surface area contributed by atoms with Gasteiger partial charge in [0.15, 0.2) is 11.0 Å². The van der Waals surface area contributed by atoms with Crippen LogP contribution in [0.4, 0.5) is 9.52 Å². The molecule has 0 saturated carbocycles. The fourth-order valence-electron chi connectivity index (χ4n) is 2.41. The maximum Gasteiger partial charge on any atom is 0.236 e. The average Bonchev–Trinajstić information content (AvgIpc) is 3.31. The lowest BCUT2D eigenvalue weighted by Gasteiger charge is -2.03. The fourth-order valence-corrected chi connectivity index (χ4v) is 3.98. The molecule has 0 bridgehead atoms. The number of rotatable bonds is 5. The number of anilines is 1. The van der Waals surface area contributed by atoms with Gasteiger partial charge in [0.05, 0.1) is 27.8 Å². The molecule has 3 heterocycles. The van der Waals surface area contributed by atoms with Gasteiger partial charge in [-0.1, -0.05) is 23.1 Å². The van der Waals surface area contributed by atoms with Gasteiger partial charge in [0.1, 0.15) is 11.6 Å². The third-order valence-electron chi connectivity index (χ3n) is 3.69. The van der Waals surface area contributed by atoms with Crippen LogP contribution >= 0.6 is 23.1 Å². The smallest absolute Gasteiger partial charge is 0.236 e. The van der Waals surface area contributed by atoms with E-state index in [1.165, 1.54) is 28.1 Å². The predicted octanol–water partition coefficient (Wildman–Crippen LogP) is 3.04. The normalized spacial score (nSPS) is 11.2. The summed E-state index contributed by atoms with van der Waals surface area (Å²) < 4.78 is 20.5. The van der Waals surface area contributed by atoms with E-state index in [0.29, 0.717) is 32.1 Å². The molecule has 4 aromatic rings. The van der Waals surface area contributed by atoms with E-state index in [1.807, 2.05) is 0 Å². The van der Waals surface area contributed by atoms with Gasteiger partial charge in [-0.2, -0.15) is 0 Å². The first-order chi connectivity index (χ1) is 13.0. The number of nitrogen functional groups attached to an aromatic ring is 1. The topological polar surface area (TPSA) is 112 Å². The lowest BCUT2D eigenvalue weighted by molar-refractivity contribution is -0.113. The molecule has 3 aromatic heterocycles. The number of benzene rings is 1. The lowest BCUT2D eigenvalue weighted by atomic mass is 10.2. The second kappa shape index (κ2) is 7.00. The molecule has 3 N–H and O–H groups in total. The highest BCUT2D eigenvalue weighted by Gasteiger charge is 2.17. The van der Waals surface area contributed by atoms with Crippen molar-refractivity contribution in [1.82, 2.24) is 19.9 Å². The molecule has 0 atom stereocenters. The summed E-state index contributed by atoms with van der Waals surface area (Å²) in [5.74, 6) is 6.61. The fraction of sp³-hybridized carbons (Fsp3) is 0.125. The Hall–Kier alpha value is -2.92. The van der Waals surface area contributed by atoms with E-state index < -0.39 is 0 Å². The number of hydrogen-bond acceptors (Lipinski definition) is 8. The van der Waals surface area contributed by atoms with Crippen LogP contribution in [-0.4, -0.2) is 31.5 Å². The number of carbonyl (C=O) groups is 1. The van der Waals surface area contributed by atoms with E-state index in [0.717, 1.165) is 17.3 Å². The van der Waals surface area contributed by atoms with Crippen molar-refractivity contribution < 1.29 is 13.6 Å². The predicted molar refractivity (Wildman–Crippen MR) is 102 cm³/mol. The average molecular weight is 404 g/mol. The SMILES string of the molecule is Cc1occc1-c1nnc(SCC(=O)Nc2nc3ccc(F)cc3s2)n1N. The number of carbonyl (C=O) groups excluding carboxylic acids is 1. The van der Waals surface area contributed by atoms with Crippen molar-refractivity contribution in [3.8, 4) is 11.4 Å². The van der Waals surface area contributed by atoms with Gasteiger partial charge in [-0.05, 0) is 31.2 Å². The summed E-state index contributed by atoms with van der Waals surface area (Å²) in [6.07, 6.45) is 1.55. The summed E-state index contributed by atoms with van der Waals surface area (Å²) in [4.78, 5) is 16.4. The van der Waals surface area contributed by atoms with Crippen molar-refractivity contribution >= 4 is 44.4 Å². The van der Waals surface area contributed by atoms with E-state index in [-0.39, 0.29) is 17.5 Å². The van der Waals surface area contributed by atoms with Gasteiger partial charge in [-0.3, -0.25) is 4.79 Å². The summed E-state index contributed by atoms with van der Waals surface area (Å²) in [5.41, 5.74) is 1.37. The minimum absolute atomic E-state index is 0.0734. The number of thiazole rings is 1. The zero-order valence-electron chi connectivity index (χ0n) is 14.0. The van der Waals surface area contributed by atoms with Crippen LogP contribution in [0.1, 0.15) is 5.76 Å². The molecule has 0 unspecified atom stereocenters. The Morgan fingerprint density at radius 3 is 3.04 bits per heavy atom. The van der Waals surface area contributed by atoms with Gasteiger partial charge in [-0.25, -0.2) is 14.1 Å². The Balaban J connectivity index is 1.42. The number of nitrogens with zero attached hydrogens (tertiary/aromatic N) is 4. The molecule has 27 heavy (non-hydrogen) atoms. The largest absolute Gasteiger partial charge is 0.469 e. The third kappa shape index (κ3) is 3.51. The minimum Gasteiger partial charge on any atom is -0.469 e. The quantitative estimate of drug-likeness (QED) is 0.388. The van der Waals surface area contributed by atoms with Crippen molar-refractivity contribution in [1.29, 1.82) is 0 Å². The first-order valence-electron chi connectivity index (χ1n) is 7.75. The summed E-state index contributed by atoms with van der Waals surface area (Å²) in [7, 11) is 0. The highest BCUT2D eigenvalue weighted by atomic mass is 32.2. The second-order valence-corrected chi connectivity index (χ2v) is 7.51. The van der Waals surface area contributed by atoms with Crippen molar-refractivity contribution in [2.45, 2.75) is 12.1 Å². The Labute approximate surface area is 160 Å². The van der Waals surface area contributed by atoms with E-state index in [2.05, 4.69) is 20.5 Å². The molecule has 0 radical (unpaired) electrons. The molecule has 138 valence electrons. The number of halogens is 1. The summed E-state index contributed by atoms with van der Waals surface area (Å²) >= 11 is 2.35. The number of aryl methyl sites for hydroxylation is 1. The molecule has 8 nitrogen and oxygen atoms in total. The summed E-state index contributed by atoms with van der Waals surface area (Å²) in [6, 6.07) is 6.03. The highest BCUT2D eigenvalue weighted by Crippen LogP contribution is 2.27. The van der Waals surface area contributed by atoms with Crippen LogP contribution in [0.15, 0.2) is 40.1 Å². The van der Waals surface area contributed by atoms with Gasteiger partial charge in [0, 0.05) is 0 Å².